The molecule has 7 nitrogen and oxygen atoms in total. The molecule has 0 radical (unpaired) electrons. The van der Waals surface area contributed by atoms with E-state index in [9.17, 15) is 13.6 Å². The highest BCUT2D eigenvalue weighted by Gasteiger charge is 2.25. The molecule has 0 atom stereocenters. The zero-order valence-electron chi connectivity index (χ0n) is 20.5. The molecule has 0 saturated heterocycles. The first-order valence-electron chi connectivity index (χ1n) is 11.8. The molecule has 0 spiro atoms. The number of hydrogen-bond donors (Lipinski definition) is 3. The number of hydrazine groups is 1. The molecule has 12 heteroatoms. The van der Waals surface area contributed by atoms with E-state index in [0.29, 0.717) is 29.1 Å². The Morgan fingerprint density at radius 3 is 2.82 bits per heavy atom. The minimum absolute atomic E-state index is 0.0777. The normalized spacial score (nSPS) is 11.4. The van der Waals surface area contributed by atoms with Crippen LogP contribution in [0, 0.1) is 17.5 Å². The number of carbonyl (C=O) groups excluding carboxylic acids is 1. The molecule has 0 bridgehead atoms. The molecule has 4 N–H and O–H groups in total. The Labute approximate surface area is 229 Å². The highest BCUT2D eigenvalue weighted by Crippen LogP contribution is 2.33. The van der Waals surface area contributed by atoms with Crippen molar-refractivity contribution in [2.45, 2.75) is 18.4 Å². The van der Waals surface area contributed by atoms with Crippen molar-refractivity contribution in [3.05, 3.63) is 100 Å². The third kappa shape index (κ3) is 5.84. The molecule has 0 aliphatic carbocycles. The fourth-order valence-electron chi connectivity index (χ4n) is 3.79. The first kappa shape index (κ1) is 26.9. The minimum atomic E-state index is -1.05. The lowest BCUT2D eigenvalue weighted by atomic mass is 10.0. The van der Waals surface area contributed by atoms with Crippen LogP contribution in [0.5, 0.6) is 0 Å². The molecule has 0 unspecified atom stereocenters. The van der Waals surface area contributed by atoms with Gasteiger partial charge in [0.1, 0.15) is 23.9 Å². The lowest BCUT2D eigenvalue weighted by Gasteiger charge is -2.12. The smallest absolute Gasteiger partial charge is 0.201 e. The van der Waals surface area contributed by atoms with Crippen LogP contribution in [0.1, 0.15) is 27.7 Å². The second-order valence-electron chi connectivity index (χ2n) is 8.37. The van der Waals surface area contributed by atoms with E-state index in [2.05, 4.69) is 14.7 Å². The Balaban J connectivity index is 1.42. The van der Waals surface area contributed by atoms with Gasteiger partial charge in [-0.3, -0.25) is 9.63 Å². The Hall–Kier alpha value is -3.68. The van der Waals surface area contributed by atoms with Crippen molar-refractivity contribution in [1.82, 2.24) is 15.1 Å². The maximum absolute atomic E-state index is 15.4. The molecular formula is C27H22F3N5O2S2. The number of fused-ring (bicyclic) bond motifs is 1. The molecule has 0 aliphatic heterocycles. The summed E-state index contributed by atoms with van der Waals surface area (Å²) in [5, 5.41) is 1.67. The summed E-state index contributed by atoms with van der Waals surface area (Å²) in [6.07, 6.45) is 3.04. The molecule has 0 saturated carbocycles. The average molecular weight is 570 g/mol. The molecular weight excluding hydrogens is 547 g/mol. The maximum Gasteiger partial charge on any atom is 0.201 e. The van der Waals surface area contributed by atoms with Gasteiger partial charge in [0.25, 0.3) is 0 Å². The Kier molecular flexibility index (Phi) is 8.00. The highest BCUT2D eigenvalue weighted by atomic mass is 32.2. The summed E-state index contributed by atoms with van der Waals surface area (Å²) in [5.74, 6) is 2.33. The molecule has 5 rings (SSSR count). The SMILES string of the molecule is CCN(N)OCc1ccc(-c2cnc3[nH]cc(C(=O)c4c(F)ccc(NSc5cccc(F)c5)c4F)c3c2)s1. The fraction of sp³-hybridized carbons (Fsp3) is 0.111. The predicted molar refractivity (Wildman–Crippen MR) is 146 cm³/mol. The van der Waals surface area contributed by atoms with E-state index in [-0.39, 0.29) is 11.3 Å². The number of thiophene rings is 1. The van der Waals surface area contributed by atoms with E-state index in [1.165, 1.54) is 47.0 Å². The van der Waals surface area contributed by atoms with Crippen LogP contribution in [0.3, 0.4) is 0 Å². The van der Waals surface area contributed by atoms with E-state index < -0.39 is 28.8 Å². The average Bonchev–Trinajstić information content (AvgIpc) is 3.58. The monoisotopic (exact) mass is 569 g/mol. The lowest BCUT2D eigenvalue weighted by molar-refractivity contribution is -0.168. The van der Waals surface area contributed by atoms with Crippen molar-refractivity contribution < 1.29 is 22.8 Å². The van der Waals surface area contributed by atoms with Gasteiger partial charge >= 0.3 is 0 Å². The standard InChI is InChI=1S/C27H22F3N5O2S2/c1-2-35(31)37-14-18-6-9-23(38-18)15-10-19-20(13-33-27(19)32-12-15)26(36)24-21(29)7-8-22(25(24)30)34-39-17-5-3-4-16(28)11-17/h3-13,34H,2,14,31H2,1H3,(H,32,33). The molecule has 2 aromatic carbocycles. The topological polar surface area (TPSA) is 96.3 Å². The number of hydrogen-bond acceptors (Lipinski definition) is 8. The summed E-state index contributed by atoms with van der Waals surface area (Å²) < 4.78 is 46.4. The second kappa shape index (κ2) is 11.6. The van der Waals surface area contributed by atoms with E-state index >= 15 is 4.39 Å². The number of rotatable bonds is 10. The molecule has 3 aromatic heterocycles. The van der Waals surface area contributed by atoms with Gasteiger partial charge in [-0.2, -0.15) is 0 Å². The zero-order valence-corrected chi connectivity index (χ0v) is 22.1. The van der Waals surface area contributed by atoms with Gasteiger partial charge in [-0.25, -0.2) is 24.0 Å². The number of aromatic amines is 1. The first-order chi connectivity index (χ1) is 18.8. The van der Waals surface area contributed by atoms with Crippen LogP contribution in [0.15, 0.2) is 71.9 Å². The second-order valence-corrected chi connectivity index (χ2v) is 10.4. The van der Waals surface area contributed by atoms with Crippen LogP contribution in [-0.4, -0.2) is 27.5 Å². The molecule has 39 heavy (non-hydrogen) atoms. The van der Waals surface area contributed by atoms with Gasteiger partial charge in [0.05, 0.1) is 11.3 Å². The van der Waals surface area contributed by atoms with Gasteiger partial charge in [0.15, 0.2) is 5.82 Å². The first-order valence-corrected chi connectivity index (χ1v) is 13.4. The third-order valence-electron chi connectivity index (χ3n) is 5.80. The number of nitrogens with one attached hydrogen (secondary N) is 2. The van der Waals surface area contributed by atoms with Crippen molar-refractivity contribution in [3.63, 3.8) is 0 Å². The number of benzene rings is 2. The van der Waals surface area contributed by atoms with Crippen LogP contribution >= 0.6 is 23.3 Å². The molecule has 3 heterocycles. The van der Waals surface area contributed by atoms with Crippen LogP contribution in [-0.2, 0) is 11.4 Å². The number of nitrogens with zero attached hydrogens (tertiary/aromatic N) is 2. The van der Waals surface area contributed by atoms with Gasteiger partial charge in [0.2, 0.25) is 5.78 Å². The summed E-state index contributed by atoms with van der Waals surface area (Å²) in [4.78, 5) is 28.4. The fourth-order valence-corrected chi connectivity index (χ4v) is 5.39. The van der Waals surface area contributed by atoms with E-state index in [4.69, 9.17) is 10.7 Å². The van der Waals surface area contributed by atoms with Crippen molar-refractivity contribution in [2.24, 2.45) is 5.84 Å². The molecule has 5 aromatic rings. The summed E-state index contributed by atoms with van der Waals surface area (Å²) in [7, 11) is 0. The van der Waals surface area contributed by atoms with Crippen LogP contribution in [0.25, 0.3) is 21.5 Å². The summed E-state index contributed by atoms with van der Waals surface area (Å²) in [6.45, 7) is 2.71. The summed E-state index contributed by atoms with van der Waals surface area (Å²) in [5.41, 5.74) is 0.397. The van der Waals surface area contributed by atoms with Crippen LogP contribution < -0.4 is 10.6 Å². The Morgan fingerprint density at radius 1 is 1.18 bits per heavy atom. The van der Waals surface area contributed by atoms with Crippen molar-refractivity contribution in [1.29, 1.82) is 0 Å². The number of hydroxylamine groups is 1. The van der Waals surface area contributed by atoms with Gasteiger partial charge < -0.3 is 9.71 Å². The zero-order chi connectivity index (χ0) is 27.5. The number of carbonyl (C=O) groups is 1. The van der Waals surface area contributed by atoms with Crippen LogP contribution in [0.4, 0.5) is 18.9 Å². The quantitative estimate of drug-likeness (QED) is 0.0747. The Bertz CT molecular complexity index is 1660. The highest BCUT2D eigenvalue weighted by molar-refractivity contribution is 8.00. The van der Waals surface area contributed by atoms with Crippen molar-refractivity contribution in [2.75, 3.05) is 11.3 Å². The van der Waals surface area contributed by atoms with Gasteiger partial charge in [-0.05, 0) is 67.4 Å². The van der Waals surface area contributed by atoms with E-state index in [0.717, 1.165) is 33.3 Å². The van der Waals surface area contributed by atoms with Crippen molar-refractivity contribution >= 4 is 45.8 Å². The van der Waals surface area contributed by atoms with Gasteiger partial charge in [-0.1, -0.05) is 6.07 Å². The van der Waals surface area contributed by atoms with E-state index in [1.54, 1.807) is 18.3 Å². The number of H-pyrrole nitrogens is 1. The molecule has 0 amide bonds. The molecule has 0 fully saturated rings. The van der Waals surface area contributed by atoms with Crippen molar-refractivity contribution in [3.8, 4) is 10.4 Å². The summed E-state index contributed by atoms with van der Waals surface area (Å²) in [6, 6.07) is 13.5. The number of halogens is 3. The predicted octanol–water partition coefficient (Wildman–Crippen LogP) is 6.69. The number of pyridine rings is 1. The van der Waals surface area contributed by atoms with Crippen LogP contribution in [0.2, 0.25) is 0 Å². The Morgan fingerprint density at radius 2 is 2.03 bits per heavy atom. The number of nitrogens with two attached hydrogens (primary N) is 1. The van der Waals surface area contributed by atoms with Gasteiger partial charge in [0, 0.05) is 50.1 Å². The summed E-state index contributed by atoms with van der Waals surface area (Å²) >= 11 is 2.41. The minimum Gasteiger partial charge on any atom is -0.345 e. The van der Waals surface area contributed by atoms with E-state index in [1.807, 2.05) is 19.1 Å². The lowest BCUT2D eigenvalue weighted by Crippen LogP contribution is -2.30. The largest absolute Gasteiger partial charge is 0.345 e. The number of anilines is 1. The molecule has 200 valence electrons. The number of aromatic nitrogens is 2. The maximum atomic E-state index is 15.4. The van der Waals surface area contributed by atoms with Gasteiger partial charge in [-0.15, -0.1) is 16.5 Å². The third-order valence-corrected chi connectivity index (χ3v) is 7.72. The number of ketones is 1. The molecule has 0 aliphatic rings.